The molecule has 0 spiro atoms. The number of benzene rings is 1. The maximum absolute atomic E-state index is 12.8. The molecular weight excluding hydrogens is 281 g/mol. The Morgan fingerprint density at radius 1 is 1.42 bits per heavy atom. The van der Waals surface area contributed by atoms with Crippen LogP contribution >= 0.6 is 11.8 Å². The Labute approximate surface area is 111 Å². The summed E-state index contributed by atoms with van der Waals surface area (Å²) in [5, 5.41) is 8.87. The van der Waals surface area contributed by atoms with Crippen LogP contribution in [0, 0.1) is 0 Å². The van der Waals surface area contributed by atoms with Crippen LogP contribution in [0.5, 0.6) is 5.75 Å². The van der Waals surface area contributed by atoms with Crippen LogP contribution in [0.1, 0.15) is 5.56 Å². The van der Waals surface area contributed by atoms with Crippen LogP contribution in [0.4, 0.5) is 13.2 Å². The van der Waals surface area contributed by atoms with Gasteiger partial charge in [-0.15, -0.1) is 11.8 Å². The Kier molecular flexibility index (Phi) is 3.49. The molecule has 1 N–H and O–H groups in total. The fourth-order valence-corrected chi connectivity index (χ4v) is 2.17. The van der Waals surface area contributed by atoms with Crippen molar-refractivity contribution in [1.82, 2.24) is 0 Å². The molecule has 0 saturated heterocycles. The summed E-state index contributed by atoms with van der Waals surface area (Å²) in [5.74, 6) is -1.60. The monoisotopic (exact) mass is 290 g/mol. The van der Waals surface area contributed by atoms with Gasteiger partial charge in [-0.3, -0.25) is 0 Å². The van der Waals surface area contributed by atoms with Crippen molar-refractivity contribution in [2.45, 2.75) is 17.2 Å². The zero-order chi connectivity index (χ0) is 14.2. The highest BCUT2D eigenvalue weighted by Crippen LogP contribution is 2.38. The molecule has 1 aliphatic heterocycles. The molecule has 0 radical (unpaired) electrons. The predicted molar refractivity (Wildman–Crippen MR) is 64.3 cm³/mol. The van der Waals surface area contributed by atoms with Gasteiger partial charge in [0.25, 0.3) is 0 Å². The molecule has 0 amide bonds. The maximum Gasteiger partial charge on any atom is 0.430 e. The molecule has 0 aliphatic carbocycles. The Morgan fingerprint density at radius 2 is 2.11 bits per heavy atom. The summed E-state index contributed by atoms with van der Waals surface area (Å²) in [5.41, 5.74) is -0.469. The highest BCUT2D eigenvalue weighted by Gasteiger charge is 2.48. The molecule has 1 aromatic rings. The van der Waals surface area contributed by atoms with Gasteiger partial charge in [0, 0.05) is 10.5 Å². The van der Waals surface area contributed by atoms with E-state index in [2.05, 4.69) is 0 Å². The molecule has 1 aromatic carbocycles. The number of halogens is 3. The lowest BCUT2D eigenvalue weighted by molar-refractivity contribution is -0.187. The normalized spacial score (nSPS) is 18.3. The van der Waals surface area contributed by atoms with Gasteiger partial charge in [0.15, 0.2) is 0 Å². The minimum Gasteiger partial charge on any atom is -0.478 e. The van der Waals surface area contributed by atoms with Crippen LogP contribution in [0.25, 0.3) is 6.08 Å². The fraction of sp³-hybridized carbons (Fsp3) is 0.250. The fourth-order valence-electron chi connectivity index (χ4n) is 1.72. The van der Waals surface area contributed by atoms with Crippen molar-refractivity contribution in [3.8, 4) is 5.75 Å². The van der Waals surface area contributed by atoms with E-state index in [1.54, 1.807) is 12.1 Å². The van der Waals surface area contributed by atoms with Gasteiger partial charge in [-0.1, -0.05) is 0 Å². The molecule has 7 heteroatoms. The SMILES string of the molecule is CSc1ccc2c(c1)C=C(C(=O)O)[C@@H](C(F)(F)F)O2. The average molecular weight is 290 g/mol. The highest BCUT2D eigenvalue weighted by molar-refractivity contribution is 7.98. The first-order valence-corrected chi connectivity index (χ1v) is 6.41. The number of hydrogen-bond donors (Lipinski definition) is 1. The lowest BCUT2D eigenvalue weighted by atomic mass is 10.0. The van der Waals surface area contributed by atoms with Gasteiger partial charge in [-0.25, -0.2) is 4.79 Å². The van der Waals surface area contributed by atoms with Gasteiger partial charge in [0.05, 0.1) is 5.57 Å². The van der Waals surface area contributed by atoms with E-state index in [4.69, 9.17) is 9.84 Å². The summed E-state index contributed by atoms with van der Waals surface area (Å²) in [6.07, 6.45) is -4.37. The van der Waals surface area contributed by atoms with Crippen LogP contribution in [0.15, 0.2) is 28.7 Å². The third kappa shape index (κ3) is 2.70. The van der Waals surface area contributed by atoms with Crippen molar-refractivity contribution in [3.63, 3.8) is 0 Å². The van der Waals surface area contributed by atoms with Crippen LogP contribution in [-0.4, -0.2) is 29.6 Å². The zero-order valence-corrected chi connectivity index (χ0v) is 10.5. The first-order valence-electron chi connectivity index (χ1n) is 5.19. The molecule has 0 saturated carbocycles. The van der Waals surface area contributed by atoms with Crippen LogP contribution in [0.2, 0.25) is 0 Å². The van der Waals surface area contributed by atoms with Crippen molar-refractivity contribution in [1.29, 1.82) is 0 Å². The molecule has 0 aromatic heterocycles. The van der Waals surface area contributed by atoms with Crippen LogP contribution < -0.4 is 4.74 Å². The van der Waals surface area contributed by atoms with E-state index in [9.17, 15) is 18.0 Å². The van der Waals surface area contributed by atoms with Gasteiger partial charge in [-0.2, -0.15) is 13.2 Å². The number of alkyl halides is 3. The quantitative estimate of drug-likeness (QED) is 0.850. The third-order valence-corrected chi connectivity index (χ3v) is 3.32. The summed E-state index contributed by atoms with van der Waals surface area (Å²) in [7, 11) is 0. The van der Waals surface area contributed by atoms with Crippen molar-refractivity contribution in [2.24, 2.45) is 0 Å². The Morgan fingerprint density at radius 3 is 2.63 bits per heavy atom. The summed E-state index contributed by atoms with van der Waals surface area (Å²) in [4.78, 5) is 11.7. The predicted octanol–water partition coefficient (Wildman–Crippen LogP) is 3.20. The number of carboxylic acids is 1. The van der Waals surface area contributed by atoms with E-state index in [1.807, 2.05) is 6.26 Å². The molecule has 0 unspecified atom stereocenters. The van der Waals surface area contributed by atoms with Crippen molar-refractivity contribution >= 4 is 23.8 Å². The number of rotatable bonds is 2. The zero-order valence-electron chi connectivity index (χ0n) is 9.69. The van der Waals surface area contributed by atoms with Crippen molar-refractivity contribution < 1.29 is 27.8 Å². The lowest BCUT2D eigenvalue weighted by Gasteiger charge is -2.27. The van der Waals surface area contributed by atoms with E-state index in [1.165, 1.54) is 17.8 Å². The number of carboxylic acid groups (broad SMARTS) is 1. The molecule has 19 heavy (non-hydrogen) atoms. The molecule has 1 heterocycles. The molecule has 2 rings (SSSR count). The third-order valence-electron chi connectivity index (χ3n) is 2.60. The van der Waals surface area contributed by atoms with Crippen molar-refractivity contribution in [3.05, 3.63) is 29.3 Å². The molecule has 102 valence electrons. The van der Waals surface area contributed by atoms with Crippen molar-refractivity contribution in [2.75, 3.05) is 6.26 Å². The van der Waals surface area contributed by atoms with E-state index >= 15 is 0 Å². The Hall–Kier alpha value is -1.63. The van der Waals surface area contributed by atoms with E-state index < -0.39 is 23.8 Å². The van der Waals surface area contributed by atoms with Crippen LogP contribution in [-0.2, 0) is 4.79 Å². The largest absolute Gasteiger partial charge is 0.478 e. The van der Waals surface area contributed by atoms with Crippen LogP contribution in [0.3, 0.4) is 0 Å². The minimum absolute atomic E-state index is 0.0325. The lowest BCUT2D eigenvalue weighted by Crippen LogP contribution is -2.40. The van der Waals surface area contributed by atoms with E-state index in [0.717, 1.165) is 11.0 Å². The summed E-state index contributed by atoms with van der Waals surface area (Å²) >= 11 is 1.40. The Balaban J connectivity index is 2.51. The van der Waals surface area contributed by atoms with Gasteiger partial charge in [-0.05, 0) is 30.5 Å². The first kappa shape index (κ1) is 13.8. The first-order chi connectivity index (χ1) is 8.82. The molecule has 3 nitrogen and oxygen atoms in total. The molecule has 1 atom stereocenters. The topological polar surface area (TPSA) is 46.5 Å². The number of ether oxygens (including phenoxy) is 1. The molecular formula is C12H9F3O3S. The highest BCUT2D eigenvalue weighted by atomic mass is 32.2. The number of fused-ring (bicyclic) bond motifs is 1. The van der Waals surface area contributed by atoms with E-state index in [0.29, 0.717) is 5.56 Å². The minimum atomic E-state index is -4.76. The summed E-state index contributed by atoms with van der Waals surface area (Å²) in [6, 6.07) is 4.63. The maximum atomic E-state index is 12.8. The number of carbonyl (C=O) groups is 1. The summed E-state index contributed by atoms with van der Waals surface area (Å²) < 4.78 is 43.1. The second-order valence-electron chi connectivity index (χ2n) is 3.85. The average Bonchev–Trinajstić information content (AvgIpc) is 2.35. The van der Waals surface area contributed by atoms with Gasteiger partial charge in [0.1, 0.15) is 5.75 Å². The van der Waals surface area contributed by atoms with Gasteiger partial charge < -0.3 is 9.84 Å². The smallest absolute Gasteiger partial charge is 0.430 e. The van der Waals surface area contributed by atoms with Gasteiger partial charge >= 0.3 is 12.1 Å². The number of hydrogen-bond acceptors (Lipinski definition) is 3. The molecule has 1 aliphatic rings. The standard InChI is InChI=1S/C12H9F3O3S/c1-19-7-2-3-9-6(4-7)5-8(11(16)17)10(18-9)12(13,14)15/h2-5,10H,1H3,(H,16,17)/t10-/m0/s1. The van der Waals surface area contributed by atoms with E-state index in [-0.39, 0.29) is 5.75 Å². The number of aliphatic carboxylic acids is 1. The Bertz CT molecular complexity index is 552. The van der Waals surface area contributed by atoms with Gasteiger partial charge in [0.2, 0.25) is 6.10 Å². The number of thioether (sulfide) groups is 1. The molecule has 0 bridgehead atoms. The second kappa shape index (κ2) is 4.80. The summed E-state index contributed by atoms with van der Waals surface area (Å²) in [6.45, 7) is 0. The molecule has 0 fully saturated rings. The second-order valence-corrected chi connectivity index (χ2v) is 4.73.